The lowest BCUT2D eigenvalue weighted by molar-refractivity contribution is -0.274. The summed E-state index contributed by atoms with van der Waals surface area (Å²) in [6.45, 7) is 1.33. The van der Waals surface area contributed by atoms with E-state index in [0.717, 1.165) is 24.7 Å². The van der Waals surface area contributed by atoms with Crippen LogP contribution in [0.25, 0.3) is 0 Å². The first-order chi connectivity index (χ1) is 16.1. The highest BCUT2D eigenvalue weighted by molar-refractivity contribution is 6.30. The molecular formula is C24H18ClF3O6. The number of carbonyl (C=O) groups excluding carboxylic acids is 4. The van der Waals surface area contributed by atoms with Gasteiger partial charge in [0.25, 0.3) is 0 Å². The van der Waals surface area contributed by atoms with Gasteiger partial charge in [-0.05, 0) is 60.7 Å². The van der Waals surface area contributed by atoms with Crippen LogP contribution in [-0.2, 0) is 4.79 Å². The molecule has 10 heteroatoms. The monoisotopic (exact) mass is 494 g/mol. The van der Waals surface area contributed by atoms with Crippen molar-refractivity contribution in [1.82, 2.24) is 0 Å². The number of ether oxygens (including phenoxy) is 2. The van der Waals surface area contributed by atoms with E-state index in [0.29, 0.717) is 33.7 Å². The number of esters is 1. The van der Waals surface area contributed by atoms with Gasteiger partial charge in [0, 0.05) is 28.6 Å². The van der Waals surface area contributed by atoms with Gasteiger partial charge in [-0.15, -0.1) is 13.2 Å². The molecule has 0 saturated carbocycles. The van der Waals surface area contributed by atoms with Crippen molar-refractivity contribution >= 4 is 36.4 Å². The van der Waals surface area contributed by atoms with Crippen LogP contribution in [0.1, 0.15) is 38.0 Å². The van der Waals surface area contributed by atoms with Crippen molar-refractivity contribution in [2.45, 2.75) is 13.3 Å². The Hall–Kier alpha value is -3.98. The molecule has 0 amide bonds. The summed E-state index contributed by atoms with van der Waals surface area (Å²) in [6, 6.07) is 17.7. The van der Waals surface area contributed by atoms with Crippen LogP contribution in [0, 0.1) is 0 Å². The summed E-state index contributed by atoms with van der Waals surface area (Å²) in [5.41, 5.74) is 1.51. The number of hydrogen-bond donors (Lipinski definition) is 0. The minimum atomic E-state index is -4.69. The number of benzene rings is 3. The van der Waals surface area contributed by atoms with Gasteiger partial charge in [0.05, 0.1) is 0 Å². The highest BCUT2D eigenvalue weighted by Gasteiger charge is 2.30. The van der Waals surface area contributed by atoms with E-state index in [2.05, 4.69) is 4.74 Å². The molecule has 3 rings (SSSR count). The van der Waals surface area contributed by atoms with Crippen molar-refractivity contribution < 1.29 is 41.8 Å². The zero-order valence-corrected chi connectivity index (χ0v) is 18.4. The first-order valence-electron chi connectivity index (χ1n) is 9.31. The van der Waals surface area contributed by atoms with Crippen LogP contribution in [-0.4, -0.2) is 31.2 Å². The maximum atomic E-state index is 11.6. The molecule has 6 nitrogen and oxygen atoms in total. The molecule has 0 aliphatic heterocycles. The molecule has 0 unspecified atom stereocenters. The molecule has 0 aliphatic carbocycles. The van der Waals surface area contributed by atoms with Crippen LogP contribution in [0.2, 0.25) is 5.02 Å². The smallest absolute Gasteiger partial charge is 0.427 e. The van der Waals surface area contributed by atoms with Gasteiger partial charge < -0.3 is 9.47 Å². The molecule has 3 aromatic carbocycles. The van der Waals surface area contributed by atoms with E-state index >= 15 is 0 Å². The summed E-state index contributed by atoms with van der Waals surface area (Å²) >= 11 is 5.55. The molecule has 3 aromatic rings. The second-order valence-electron chi connectivity index (χ2n) is 6.18. The van der Waals surface area contributed by atoms with Crippen molar-refractivity contribution in [2.24, 2.45) is 0 Å². The van der Waals surface area contributed by atoms with E-state index in [4.69, 9.17) is 16.3 Å². The van der Waals surface area contributed by atoms with Crippen molar-refractivity contribution in [3.05, 3.63) is 94.5 Å². The summed E-state index contributed by atoms with van der Waals surface area (Å²) in [5, 5.41) is 0.653. The van der Waals surface area contributed by atoms with Gasteiger partial charge in [-0.25, -0.2) is 0 Å². The van der Waals surface area contributed by atoms with Crippen molar-refractivity contribution in [2.75, 3.05) is 0 Å². The summed E-state index contributed by atoms with van der Waals surface area (Å²) in [5.74, 6) is -0.250. The van der Waals surface area contributed by atoms with Gasteiger partial charge in [0.2, 0.25) is 0 Å². The molecule has 0 N–H and O–H groups in total. The number of rotatable bonds is 5. The normalized spacial score (nSPS) is 9.79. The molecule has 178 valence electrons. The second-order valence-corrected chi connectivity index (χ2v) is 6.62. The summed E-state index contributed by atoms with van der Waals surface area (Å²) in [7, 11) is 0. The van der Waals surface area contributed by atoms with Crippen molar-refractivity contribution in [1.29, 1.82) is 0 Å². The molecule has 0 aromatic heterocycles. The van der Waals surface area contributed by atoms with Crippen molar-refractivity contribution in [3.63, 3.8) is 0 Å². The molecule has 0 spiro atoms. The fraction of sp³-hybridized carbons (Fsp3) is 0.0833. The van der Waals surface area contributed by atoms with Gasteiger partial charge in [0.1, 0.15) is 30.4 Å². The Bertz CT molecular complexity index is 1060. The largest absolute Gasteiger partial charge is 0.573 e. The Labute approximate surface area is 197 Å². The fourth-order valence-corrected chi connectivity index (χ4v) is 2.20. The zero-order valence-electron chi connectivity index (χ0n) is 17.6. The SMILES string of the molecule is CC(=O)Oc1ccc(C=O)cc1.O=Cc1ccc(Cl)cc1.O=Cc1ccc(OC(F)(F)F)cc1. The predicted molar refractivity (Wildman–Crippen MR) is 118 cm³/mol. The van der Waals surface area contributed by atoms with Crippen LogP contribution >= 0.6 is 11.6 Å². The van der Waals surface area contributed by atoms with Gasteiger partial charge in [0.15, 0.2) is 0 Å². The minimum absolute atomic E-state index is 0.300. The summed E-state index contributed by atoms with van der Waals surface area (Å²) in [4.78, 5) is 40.9. The predicted octanol–water partition coefficient (Wildman–Crippen LogP) is 5.97. The Morgan fingerprint density at radius 2 is 1.06 bits per heavy atom. The van der Waals surface area contributed by atoms with Gasteiger partial charge in [-0.1, -0.05) is 23.7 Å². The molecule has 0 aliphatic rings. The van der Waals surface area contributed by atoms with Gasteiger partial charge in [-0.2, -0.15) is 0 Å². The van der Waals surface area contributed by atoms with Gasteiger partial charge >= 0.3 is 12.3 Å². The Balaban J connectivity index is 0.000000259. The van der Waals surface area contributed by atoms with Gasteiger partial charge in [-0.3, -0.25) is 19.2 Å². The van der Waals surface area contributed by atoms with Crippen LogP contribution in [0.3, 0.4) is 0 Å². The number of carbonyl (C=O) groups is 4. The Kier molecular flexibility index (Phi) is 11.7. The van der Waals surface area contributed by atoms with Crippen LogP contribution < -0.4 is 9.47 Å². The molecule has 0 atom stereocenters. The van der Waals surface area contributed by atoms with Crippen LogP contribution in [0.5, 0.6) is 11.5 Å². The zero-order chi connectivity index (χ0) is 25.6. The second kappa shape index (κ2) is 14.2. The standard InChI is InChI=1S/C9H8O3.C8H5F3O2.C7H5ClO/c1-7(11)12-9-4-2-8(6-10)3-5-9;9-8(10,11)13-7-3-1-6(5-12)2-4-7;8-7-3-1-6(5-9)2-4-7/h2-6H,1H3;1-5H;1-5H. The first kappa shape index (κ1) is 28.1. The maximum Gasteiger partial charge on any atom is 0.573 e. The quantitative estimate of drug-likeness (QED) is 0.246. The van der Waals surface area contributed by atoms with Crippen LogP contribution in [0.4, 0.5) is 13.2 Å². The number of hydrogen-bond acceptors (Lipinski definition) is 6. The summed E-state index contributed by atoms with van der Waals surface area (Å²) in [6.07, 6.45) is -2.63. The number of alkyl halides is 3. The maximum absolute atomic E-state index is 11.6. The lowest BCUT2D eigenvalue weighted by atomic mass is 10.2. The van der Waals surface area contributed by atoms with E-state index in [1.54, 1.807) is 48.5 Å². The van der Waals surface area contributed by atoms with E-state index in [1.165, 1.54) is 19.1 Å². The highest BCUT2D eigenvalue weighted by atomic mass is 35.5. The third-order valence-electron chi connectivity index (χ3n) is 3.53. The third kappa shape index (κ3) is 12.2. The average molecular weight is 495 g/mol. The lowest BCUT2D eigenvalue weighted by Crippen LogP contribution is -2.16. The Morgan fingerprint density at radius 1 is 0.706 bits per heavy atom. The topological polar surface area (TPSA) is 86.7 Å². The molecule has 0 bridgehead atoms. The van der Waals surface area contributed by atoms with E-state index < -0.39 is 6.36 Å². The number of halogens is 4. The van der Waals surface area contributed by atoms with Crippen LogP contribution in [0.15, 0.2) is 72.8 Å². The minimum Gasteiger partial charge on any atom is -0.427 e. The molecule has 34 heavy (non-hydrogen) atoms. The average Bonchev–Trinajstić information content (AvgIpc) is 2.80. The highest BCUT2D eigenvalue weighted by Crippen LogP contribution is 2.22. The lowest BCUT2D eigenvalue weighted by Gasteiger charge is -2.07. The van der Waals surface area contributed by atoms with E-state index in [-0.39, 0.29) is 11.7 Å². The molecule has 0 saturated heterocycles. The molecule has 0 radical (unpaired) electrons. The van der Waals surface area contributed by atoms with E-state index in [9.17, 15) is 32.3 Å². The molecule has 0 heterocycles. The third-order valence-corrected chi connectivity index (χ3v) is 3.79. The fourth-order valence-electron chi connectivity index (χ4n) is 2.07. The van der Waals surface area contributed by atoms with E-state index in [1.807, 2.05) is 0 Å². The molecule has 0 fully saturated rings. The first-order valence-corrected chi connectivity index (χ1v) is 9.69. The molecular weight excluding hydrogens is 477 g/mol. The van der Waals surface area contributed by atoms with Crippen molar-refractivity contribution in [3.8, 4) is 11.5 Å². The summed E-state index contributed by atoms with van der Waals surface area (Å²) < 4.78 is 43.2. The Morgan fingerprint density at radius 3 is 1.38 bits per heavy atom. The number of aldehydes is 3.